The lowest BCUT2D eigenvalue weighted by atomic mass is 10.3. The smallest absolute Gasteiger partial charge is 0.260 e. The number of thioether (sulfide) groups is 1. The zero-order chi connectivity index (χ0) is 14.9. The third-order valence-electron chi connectivity index (χ3n) is 3.91. The van der Waals surface area contributed by atoms with E-state index < -0.39 is 0 Å². The number of nitrogens with zero attached hydrogens (tertiary/aromatic N) is 1. The van der Waals surface area contributed by atoms with Crippen molar-refractivity contribution in [2.45, 2.75) is 16.7 Å². The number of thiazole rings is 1. The van der Waals surface area contributed by atoms with Crippen LogP contribution in [-0.4, -0.2) is 12.4 Å². The summed E-state index contributed by atoms with van der Waals surface area (Å²) in [5.74, 6) is 0. The molecule has 1 aromatic heterocycles. The van der Waals surface area contributed by atoms with E-state index in [2.05, 4.69) is 77.6 Å². The fourth-order valence-electron chi connectivity index (χ4n) is 2.74. The third-order valence-corrected chi connectivity index (χ3v) is 6.33. The van der Waals surface area contributed by atoms with Gasteiger partial charge in [-0.2, -0.15) is 4.98 Å². The van der Waals surface area contributed by atoms with Crippen LogP contribution < -0.4 is 9.88 Å². The Bertz CT molecular complexity index is 805. The van der Waals surface area contributed by atoms with Crippen LogP contribution in [0.4, 0.5) is 5.69 Å². The van der Waals surface area contributed by atoms with Crippen molar-refractivity contribution in [3.8, 4) is 0 Å². The molecule has 0 amide bonds. The Morgan fingerprint density at radius 3 is 2.82 bits per heavy atom. The molecule has 22 heavy (non-hydrogen) atoms. The highest BCUT2D eigenvalue weighted by Crippen LogP contribution is 2.43. The first kappa shape index (κ1) is 13.9. The topological polar surface area (TPSA) is 17.4 Å². The van der Waals surface area contributed by atoms with Crippen LogP contribution in [0.5, 0.6) is 0 Å². The molecule has 1 aliphatic heterocycles. The van der Waals surface area contributed by atoms with E-state index in [0.29, 0.717) is 5.37 Å². The Morgan fingerprint density at radius 2 is 1.95 bits per heavy atom. The fourth-order valence-corrected chi connectivity index (χ4v) is 4.94. The number of aromatic amines is 1. The number of hydrogen-bond acceptors (Lipinski definition) is 3. The first-order valence-corrected chi connectivity index (χ1v) is 9.07. The number of hydrogen-bond donors (Lipinski definition) is 0. The largest absolute Gasteiger partial charge is 0.361 e. The molecule has 1 unspecified atom stereocenters. The van der Waals surface area contributed by atoms with Crippen LogP contribution in [0.3, 0.4) is 0 Å². The minimum absolute atomic E-state index is 0.489. The monoisotopic (exact) mass is 325 g/mol. The molecule has 0 saturated heterocycles. The third kappa shape index (κ3) is 2.53. The van der Waals surface area contributed by atoms with Gasteiger partial charge in [-0.25, -0.2) is 0 Å². The lowest BCUT2D eigenvalue weighted by molar-refractivity contribution is -0.340. The summed E-state index contributed by atoms with van der Waals surface area (Å²) in [4.78, 5) is 7.22. The summed E-state index contributed by atoms with van der Waals surface area (Å²) in [6.45, 7) is 0. The molecular weight excluding hydrogens is 308 g/mol. The van der Waals surface area contributed by atoms with Crippen LogP contribution in [0.25, 0.3) is 16.3 Å². The molecule has 0 saturated carbocycles. The van der Waals surface area contributed by atoms with Gasteiger partial charge in [0, 0.05) is 24.1 Å². The Hall–Kier alpha value is -1.78. The van der Waals surface area contributed by atoms with Gasteiger partial charge in [-0.15, -0.1) is 0 Å². The first-order valence-electron chi connectivity index (χ1n) is 7.37. The molecule has 0 fully saturated rings. The van der Waals surface area contributed by atoms with Crippen LogP contribution in [0, 0.1) is 0 Å². The molecule has 2 aromatic carbocycles. The predicted molar refractivity (Wildman–Crippen MR) is 96.5 cm³/mol. The molecule has 0 spiro atoms. The molecule has 1 N–H and O–H groups in total. The minimum atomic E-state index is 0.489. The summed E-state index contributed by atoms with van der Waals surface area (Å²) in [6.07, 6.45) is 5.53. The van der Waals surface area contributed by atoms with E-state index in [0.717, 1.165) is 6.42 Å². The lowest BCUT2D eigenvalue weighted by Crippen LogP contribution is -2.23. The van der Waals surface area contributed by atoms with Crippen LogP contribution in [0.2, 0.25) is 0 Å². The van der Waals surface area contributed by atoms with E-state index in [4.69, 9.17) is 0 Å². The van der Waals surface area contributed by atoms with Crippen molar-refractivity contribution in [3.63, 3.8) is 0 Å². The van der Waals surface area contributed by atoms with Crippen LogP contribution >= 0.6 is 23.1 Å². The van der Waals surface area contributed by atoms with Crippen molar-refractivity contribution in [3.05, 3.63) is 59.6 Å². The van der Waals surface area contributed by atoms with Gasteiger partial charge < -0.3 is 4.90 Å². The molecule has 2 heterocycles. The number of benzene rings is 2. The summed E-state index contributed by atoms with van der Waals surface area (Å²) in [6, 6.07) is 17.1. The Kier molecular flexibility index (Phi) is 3.64. The second-order valence-corrected chi connectivity index (χ2v) is 7.68. The van der Waals surface area contributed by atoms with E-state index in [-0.39, 0.29) is 0 Å². The van der Waals surface area contributed by atoms with Gasteiger partial charge in [-0.3, -0.25) is 0 Å². The van der Waals surface area contributed by atoms with Crippen molar-refractivity contribution >= 4 is 45.1 Å². The molecule has 1 atom stereocenters. The quantitative estimate of drug-likeness (QED) is 0.695. The number of rotatable bonds is 3. The average molecular weight is 325 g/mol. The number of anilines is 1. The SMILES string of the molecule is CN1c2ccccc2SC1CC=Cc1[nH+]c2ccccc2s1. The highest BCUT2D eigenvalue weighted by Gasteiger charge is 2.25. The Morgan fingerprint density at radius 1 is 1.14 bits per heavy atom. The van der Waals surface area contributed by atoms with E-state index in [1.807, 2.05) is 11.8 Å². The van der Waals surface area contributed by atoms with Gasteiger partial charge in [0.05, 0.1) is 11.1 Å². The molecule has 110 valence electrons. The highest BCUT2D eigenvalue weighted by molar-refractivity contribution is 8.00. The van der Waals surface area contributed by atoms with E-state index in [1.165, 1.54) is 25.8 Å². The first-order chi connectivity index (χ1) is 10.8. The number of nitrogens with one attached hydrogen (secondary N) is 1. The molecule has 1 aliphatic rings. The maximum Gasteiger partial charge on any atom is 0.260 e. The summed E-state index contributed by atoms with van der Waals surface area (Å²) in [7, 11) is 2.18. The summed E-state index contributed by atoms with van der Waals surface area (Å²) in [5, 5.41) is 1.70. The summed E-state index contributed by atoms with van der Waals surface area (Å²) >= 11 is 3.76. The molecule has 0 aliphatic carbocycles. The van der Waals surface area contributed by atoms with Crippen LogP contribution in [0.15, 0.2) is 59.5 Å². The maximum absolute atomic E-state index is 3.46. The van der Waals surface area contributed by atoms with Crippen molar-refractivity contribution < 1.29 is 4.98 Å². The summed E-state index contributed by atoms with van der Waals surface area (Å²) in [5.41, 5.74) is 2.56. The molecule has 0 bridgehead atoms. The molecular formula is C18H17N2S2+. The van der Waals surface area contributed by atoms with Crippen molar-refractivity contribution in [1.29, 1.82) is 0 Å². The molecule has 2 nitrogen and oxygen atoms in total. The second-order valence-electron chi connectivity index (χ2n) is 5.38. The maximum atomic E-state index is 3.46. The number of aromatic nitrogens is 1. The predicted octanol–water partition coefficient (Wildman–Crippen LogP) is 4.69. The van der Waals surface area contributed by atoms with Crippen molar-refractivity contribution in [1.82, 2.24) is 0 Å². The van der Waals surface area contributed by atoms with Gasteiger partial charge >= 0.3 is 0 Å². The standard InChI is InChI=1S/C18H16N2S2/c1-20-14-8-3-5-10-16(14)22-18(20)12-6-11-17-19-13-7-2-4-9-15(13)21-17/h2-11,18H,12H2,1H3/p+1. The second kappa shape index (κ2) is 5.78. The van der Waals surface area contributed by atoms with Gasteiger partial charge in [-0.05, 0) is 24.6 Å². The zero-order valence-electron chi connectivity index (χ0n) is 12.3. The minimum Gasteiger partial charge on any atom is -0.361 e. The number of fused-ring (bicyclic) bond motifs is 2. The molecule has 4 heteroatoms. The lowest BCUT2D eigenvalue weighted by Gasteiger charge is -2.19. The van der Waals surface area contributed by atoms with E-state index >= 15 is 0 Å². The normalized spacial score (nSPS) is 17.5. The van der Waals surface area contributed by atoms with E-state index in [1.54, 1.807) is 11.3 Å². The molecule has 4 rings (SSSR count). The van der Waals surface area contributed by atoms with E-state index in [9.17, 15) is 0 Å². The Labute approximate surface area is 138 Å². The van der Waals surface area contributed by atoms with Crippen LogP contribution in [0.1, 0.15) is 11.4 Å². The highest BCUT2D eigenvalue weighted by atomic mass is 32.2. The van der Waals surface area contributed by atoms with Gasteiger partial charge in [0.15, 0.2) is 0 Å². The number of H-pyrrole nitrogens is 1. The van der Waals surface area contributed by atoms with Gasteiger partial charge in [0.25, 0.3) is 5.01 Å². The fraction of sp³-hybridized carbons (Fsp3) is 0.167. The van der Waals surface area contributed by atoms with Gasteiger partial charge in [0.1, 0.15) is 4.70 Å². The number of para-hydroxylation sites is 2. The average Bonchev–Trinajstić information content (AvgIpc) is 3.09. The Balaban J connectivity index is 1.47. The van der Waals surface area contributed by atoms with Crippen LogP contribution in [-0.2, 0) is 0 Å². The van der Waals surface area contributed by atoms with Gasteiger partial charge in [-0.1, -0.05) is 53.4 Å². The van der Waals surface area contributed by atoms with Crippen molar-refractivity contribution in [2.75, 3.05) is 11.9 Å². The molecule has 3 aromatic rings. The summed E-state index contributed by atoms with van der Waals surface area (Å²) < 4.78 is 1.31. The van der Waals surface area contributed by atoms with Gasteiger partial charge in [0.2, 0.25) is 5.52 Å². The molecule has 0 radical (unpaired) electrons. The van der Waals surface area contributed by atoms with Crippen molar-refractivity contribution in [2.24, 2.45) is 0 Å². The zero-order valence-corrected chi connectivity index (χ0v) is 14.0.